The van der Waals surface area contributed by atoms with Gasteiger partial charge in [-0.3, -0.25) is 84.7 Å². The predicted octanol–water partition coefficient (Wildman–Crippen LogP) is 11.5. The molecule has 1 aliphatic carbocycles. The maximum atomic E-state index is 12.5. The van der Waals surface area contributed by atoms with Crippen LogP contribution >= 0.6 is 12.2 Å². The monoisotopic (exact) mass is 1630 g/mol. The number of carboxylic acids is 1. The van der Waals surface area contributed by atoms with Crippen molar-refractivity contribution < 1.29 is 77.8 Å². The molecule has 5 aromatic carbocycles. The Bertz CT molecular complexity index is 4490. The summed E-state index contributed by atoms with van der Waals surface area (Å²) in [7, 11) is 0. The fraction of sp³-hybridized carbons (Fsp3) is 0.405. The number of aromatic carboxylic acids is 1. The first-order valence-corrected chi connectivity index (χ1v) is 35.3. The molecule has 0 saturated carbocycles. The minimum Gasteiger partial charge on any atom is -0.872 e. The second-order valence-corrected chi connectivity index (χ2v) is 24.7. The Hall–Kier alpha value is -13.0. The van der Waals surface area contributed by atoms with Crippen molar-refractivity contribution in [3.05, 3.63) is 186 Å². The third kappa shape index (κ3) is 33.4. The summed E-state index contributed by atoms with van der Waals surface area (Å²) in [6.07, 6.45) is 8.85. The number of nitro groups is 6. The summed E-state index contributed by atoms with van der Waals surface area (Å²) in [6.45, 7) is 4.61. The van der Waals surface area contributed by atoms with E-state index < -0.39 is 59.0 Å². The van der Waals surface area contributed by atoms with Gasteiger partial charge < -0.3 is 73.9 Å². The number of nitrogens with two attached hydrogens (primary N) is 3. The molecule has 41 heteroatoms. The number of hydroxylamine groups is 2. The van der Waals surface area contributed by atoms with Crippen LogP contribution in [0.25, 0.3) is 33.4 Å². The molecule has 8 rings (SSSR count). The molecule has 4 amide bonds. The first-order chi connectivity index (χ1) is 53.1. The van der Waals surface area contributed by atoms with Crippen LogP contribution in [0.5, 0.6) is 5.75 Å². The summed E-state index contributed by atoms with van der Waals surface area (Å²) >= 11 is 5.39. The Morgan fingerprint density at radius 3 is 1.34 bits per heavy atom. The van der Waals surface area contributed by atoms with Gasteiger partial charge in [0.2, 0.25) is 11.8 Å². The number of carbonyl (C=O) groups excluding carboxylic acids is 5. The summed E-state index contributed by atoms with van der Waals surface area (Å²) < 4.78 is 5.83. The molecule has 0 aromatic heterocycles. The fourth-order valence-corrected chi connectivity index (χ4v) is 10.7. The maximum Gasteiger partial charge on any atom is 0.336 e. The smallest absolute Gasteiger partial charge is 0.336 e. The second-order valence-electron chi connectivity index (χ2n) is 24.3. The minimum absolute atomic E-state index is 0. The van der Waals surface area contributed by atoms with Crippen LogP contribution in [0.2, 0.25) is 0 Å². The molecule has 2 aliphatic heterocycles. The highest BCUT2D eigenvalue weighted by atomic mass is 32.1. The van der Waals surface area contributed by atoms with E-state index in [0.29, 0.717) is 136 Å². The van der Waals surface area contributed by atoms with Crippen LogP contribution in [0.1, 0.15) is 149 Å². The van der Waals surface area contributed by atoms with Crippen LogP contribution in [0.4, 0.5) is 56.9 Å². The van der Waals surface area contributed by atoms with Gasteiger partial charge in [-0.05, 0) is 144 Å². The zero-order valence-electron chi connectivity index (χ0n) is 60.0. The number of nitrogens with one attached hydrogen (secondary N) is 7. The average Bonchev–Trinajstić information content (AvgIpc) is 1.10. The number of nitro benzene ring substituents is 6. The Kier molecular flexibility index (Phi) is 45.4. The van der Waals surface area contributed by atoms with E-state index in [4.69, 9.17) is 38.7 Å². The SMILES string of the molecule is C.C.C.C.NCCCN.NCCCNC(=O)CCCCCNc1ccc([N+](=O)[O-])cc1[N+](=O)[O-].O=C(CCCCCNc1ccc([N+](=O)[O-])cc1[N+](=O)[O-])NCCCNC(=S)Nc1ccc(-c2c3ccc(=O)cc-3oc3cc([O-])ccc23)c(C(=O)O)c1.O=C(CCCCCNc1ccc([N+](=O)[O-])cc1[N+](=O)[O-])ON1C(=O)CCC1=O. The number of imide groups is 1. The van der Waals surface area contributed by atoms with Gasteiger partial charge in [-0.2, -0.15) is 0 Å². The van der Waals surface area contributed by atoms with Crippen molar-refractivity contribution in [1.29, 1.82) is 0 Å². The Labute approximate surface area is 666 Å². The van der Waals surface area contributed by atoms with Gasteiger partial charge in [-0.1, -0.05) is 67.2 Å². The van der Waals surface area contributed by atoms with E-state index in [2.05, 4.69) is 37.2 Å². The lowest BCUT2D eigenvalue weighted by Gasteiger charge is -2.18. The number of anilines is 4. The molecule has 1 saturated heterocycles. The van der Waals surface area contributed by atoms with E-state index in [1.165, 1.54) is 66.7 Å². The molecule has 0 bridgehead atoms. The second kappa shape index (κ2) is 52.3. The molecule has 0 radical (unpaired) electrons. The van der Waals surface area contributed by atoms with Crippen molar-refractivity contribution in [2.75, 3.05) is 80.2 Å². The number of amides is 4. The fourth-order valence-electron chi connectivity index (χ4n) is 10.5. The lowest BCUT2D eigenvalue weighted by molar-refractivity contribution is -0.393. The number of thiocarbonyl (C=S) groups is 1. The molecule has 14 N–H and O–H groups in total. The molecule has 3 aliphatic rings. The van der Waals surface area contributed by atoms with E-state index in [9.17, 15) is 104 Å². The van der Waals surface area contributed by atoms with Crippen molar-refractivity contribution in [3.8, 4) is 28.2 Å². The zero-order valence-corrected chi connectivity index (χ0v) is 60.8. The third-order valence-electron chi connectivity index (χ3n) is 16.0. The van der Waals surface area contributed by atoms with E-state index in [-0.39, 0.29) is 139 Å². The van der Waals surface area contributed by atoms with Gasteiger partial charge in [0.1, 0.15) is 28.4 Å². The molecule has 5 aromatic rings. The minimum atomic E-state index is -1.20. The number of nitrogens with zero attached hydrogens (tertiary/aromatic N) is 7. The van der Waals surface area contributed by atoms with Crippen LogP contribution in [0, 0.1) is 60.7 Å². The van der Waals surface area contributed by atoms with Crippen molar-refractivity contribution in [2.45, 2.75) is 139 Å². The third-order valence-corrected chi connectivity index (χ3v) is 16.3. The standard InChI is InChI=1S/C36H34N6O10S.C16H18N4O8.C15H23N5O5.C3H10N2.4CH4/c43-23-8-11-26-31(19-23)52-32-20-24(44)9-12-27(32)34(26)25-10-6-21(17-28(25)35(46)47)40-36(53)39-16-4-15-38-33(45)5-2-1-3-14-37-29-13-7-22(41(48)49)18-30(29)42(50)51;21-14-7-8-15(22)18(14)28-16(23)4-2-1-3-9-17-12-6-5-11(19(24)25)10-13(12)20(26)27;16-8-4-10-18-15(21)5-2-1-3-9-17-13-7-6-12(19(22)23)11-14(13)20(24)25;4-2-1-3-5;;;;/h6-13,17-20,37,43H,1-5,14-16H2,(H,38,45)(H,46,47)(H2,39,40,53);5-6,10,17H,1-4,7-9H2;6-7,11,17H,1-5,8-10,16H2,(H,18,21);1-5H2;4*1H4/p-1. The summed E-state index contributed by atoms with van der Waals surface area (Å²) in [5.74, 6) is -3.17. The van der Waals surface area contributed by atoms with Crippen LogP contribution in [-0.2, 0) is 28.8 Å². The molecular formula is C74H100N17O23S-. The molecule has 0 spiro atoms. The normalized spacial score (nSPS) is 10.9. The van der Waals surface area contributed by atoms with Gasteiger partial charge in [-0.15, -0.1) is 10.8 Å². The summed E-state index contributed by atoms with van der Waals surface area (Å²) in [4.78, 5) is 149. The van der Waals surface area contributed by atoms with Crippen molar-refractivity contribution in [1.82, 2.24) is 21.0 Å². The number of rotatable bonds is 40. The van der Waals surface area contributed by atoms with Gasteiger partial charge >= 0.3 is 11.9 Å². The number of carbonyl (C=O) groups is 6. The first-order valence-electron chi connectivity index (χ1n) is 34.9. The van der Waals surface area contributed by atoms with Gasteiger partial charge in [0.05, 0.1) is 53.3 Å². The quantitative estimate of drug-likeness (QED) is 0.00424. The van der Waals surface area contributed by atoms with Gasteiger partial charge in [-0.25, -0.2) is 9.59 Å². The number of carboxylic acid groups (broad SMARTS) is 1. The highest BCUT2D eigenvalue weighted by Gasteiger charge is 2.33. The van der Waals surface area contributed by atoms with Crippen LogP contribution in [0.3, 0.4) is 0 Å². The molecule has 115 heavy (non-hydrogen) atoms. The number of hydrogen-bond acceptors (Lipinski definition) is 29. The molecule has 1 fully saturated rings. The average molecular weight is 1630 g/mol. The topological polar surface area (TPSA) is 609 Å². The highest BCUT2D eigenvalue weighted by Crippen LogP contribution is 2.43. The summed E-state index contributed by atoms with van der Waals surface area (Å²) in [6, 6.07) is 23.4. The Morgan fingerprint density at radius 2 is 0.913 bits per heavy atom. The van der Waals surface area contributed by atoms with Crippen molar-refractivity contribution in [3.63, 3.8) is 0 Å². The first kappa shape index (κ1) is 100.0. The highest BCUT2D eigenvalue weighted by molar-refractivity contribution is 7.80. The summed E-state index contributed by atoms with van der Waals surface area (Å²) in [5.41, 5.74) is 15.6. The number of hydrogen-bond donors (Lipinski definition) is 11. The molecule has 40 nitrogen and oxygen atoms in total. The molecule has 626 valence electrons. The molecule has 0 atom stereocenters. The number of benzene rings is 6. The van der Waals surface area contributed by atoms with E-state index >= 15 is 0 Å². The van der Waals surface area contributed by atoms with Crippen LogP contribution in [0.15, 0.2) is 118 Å². The Morgan fingerprint density at radius 1 is 0.478 bits per heavy atom. The van der Waals surface area contributed by atoms with Gasteiger partial charge in [0.25, 0.3) is 45.9 Å². The number of fused-ring (bicyclic) bond motifs is 2. The molecule has 2 heterocycles. The van der Waals surface area contributed by atoms with Crippen LogP contribution < -0.4 is 65.0 Å². The van der Waals surface area contributed by atoms with Crippen molar-refractivity contribution >= 4 is 121 Å². The number of unbranched alkanes of at least 4 members (excludes halogenated alkanes) is 6. The number of non-ortho nitro benzene ring substituents is 3. The summed E-state index contributed by atoms with van der Waals surface area (Å²) in [5, 5.41) is 109. The molecule has 0 unspecified atom stereocenters. The lowest BCUT2D eigenvalue weighted by atomic mass is 9.90. The van der Waals surface area contributed by atoms with Crippen LogP contribution in [-0.4, -0.2) is 139 Å². The largest absolute Gasteiger partial charge is 0.872 e. The maximum absolute atomic E-state index is 12.5. The van der Waals surface area contributed by atoms with Crippen molar-refractivity contribution in [2.24, 2.45) is 17.2 Å². The molecular weight excluding hydrogens is 1530 g/mol. The lowest BCUT2D eigenvalue weighted by Crippen LogP contribution is -2.32. The Balaban J connectivity index is 0.000000901. The predicted molar refractivity (Wildman–Crippen MR) is 436 cm³/mol. The van der Waals surface area contributed by atoms with E-state index in [0.717, 1.165) is 63.4 Å². The van der Waals surface area contributed by atoms with Gasteiger partial charge in [0, 0.05) is 118 Å². The van der Waals surface area contributed by atoms with Gasteiger partial charge in [0.15, 0.2) is 10.5 Å². The zero-order chi connectivity index (χ0) is 81.5. The van der Waals surface area contributed by atoms with E-state index in [1.54, 1.807) is 24.3 Å². The van der Waals surface area contributed by atoms with E-state index in [1.807, 2.05) is 0 Å².